The van der Waals surface area contributed by atoms with E-state index in [0.29, 0.717) is 11.1 Å². The molecular weight excluding hydrogens is 262 g/mol. The van der Waals surface area contributed by atoms with Gasteiger partial charge in [0.1, 0.15) is 0 Å². The number of para-hydroxylation sites is 1. The minimum absolute atomic E-state index is 0.0479. The van der Waals surface area contributed by atoms with Crippen LogP contribution < -0.4 is 0 Å². The molecule has 0 radical (unpaired) electrons. The number of carbonyl (C=O) groups is 1. The van der Waals surface area contributed by atoms with E-state index in [4.69, 9.17) is 5.11 Å². The largest absolute Gasteiger partial charge is 0.481 e. The average Bonchev–Trinajstić information content (AvgIpc) is 2.25. The molecule has 0 spiro atoms. The second-order valence-corrected chi connectivity index (χ2v) is 10.4. The Kier molecular flexibility index (Phi) is 4.60. The fraction of sp³-hybridized carbons (Fsp3) is 0.308. The maximum absolute atomic E-state index is 11.0. The Labute approximate surface area is 112 Å². The third kappa shape index (κ3) is 4.67. The molecule has 0 bridgehead atoms. The highest BCUT2D eigenvalue weighted by Gasteiger charge is 2.21. The van der Waals surface area contributed by atoms with E-state index in [9.17, 15) is 14.9 Å². The molecule has 0 atom stereocenters. The van der Waals surface area contributed by atoms with Crippen molar-refractivity contribution in [2.24, 2.45) is 0 Å². The number of nitro groups is 1. The molecular formula is C13H17NO4Si. The predicted molar refractivity (Wildman–Crippen MR) is 76.7 cm³/mol. The zero-order valence-corrected chi connectivity index (χ0v) is 12.2. The summed E-state index contributed by atoms with van der Waals surface area (Å²) >= 11 is 0. The SMILES string of the molecule is C[Si](C)(C)/C=C(/CC(=O)O)c1ccccc1[N+](=O)[O-]. The summed E-state index contributed by atoms with van der Waals surface area (Å²) in [5.74, 6) is -0.984. The summed E-state index contributed by atoms with van der Waals surface area (Å²) in [5, 5.41) is 20.0. The van der Waals surface area contributed by atoms with Crippen molar-refractivity contribution in [3.63, 3.8) is 0 Å². The van der Waals surface area contributed by atoms with Gasteiger partial charge in [0.05, 0.1) is 25.0 Å². The summed E-state index contributed by atoms with van der Waals surface area (Å²) in [5.41, 5.74) is 2.79. The van der Waals surface area contributed by atoms with E-state index in [-0.39, 0.29) is 12.1 Å². The van der Waals surface area contributed by atoms with Gasteiger partial charge in [-0.25, -0.2) is 0 Å². The minimum Gasteiger partial charge on any atom is -0.481 e. The molecule has 6 heteroatoms. The molecule has 1 aromatic rings. The first-order chi connectivity index (χ1) is 8.70. The van der Waals surface area contributed by atoms with Crippen LogP contribution in [0.15, 0.2) is 30.0 Å². The van der Waals surface area contributed by atoms with Gasteiger partial charge in [-0.15, -0.1) is 0 Å². The van der Waals surface area contributed by atoms with Crippen LogP contribution in [0.5, 0.6) is 0 Å². The second kappa shape index (κ2) is 5.79. The standard InChI is InChI=1S/C13H17NO4Si/c1-19(2,3)9-10(8-13(15)16)11-6-4-5-7-12(11)14(17)18/h4-7,9H,8H2,1-3H3,(H,15,16)/b10-9-. The number of nitrogens with zero attached hydrogens (tertiary/aromatic N) is 1. The first kappa shape index (κ1) is 15.1. The normalized spacial score (nSPS) is 12.3. The summed E-state index contributed by atoms with van der Waals surface area (Å²) in [6.07, 6.45) is -0.199. The summed E-state index contributed by atoms with van der Waals surface area (Å²) in [6, 6.07) is 6.26. The number of nitro benzene ring substituents is 1. The van der Waals surface area contributed by atoms with Crippen molar-refractivity contribution in [2.75, 3.05) is 0 Å². The summed E-state index contributed by atoms with van der Waals surface area (Å²) in [4.78, 5) is 21.5. The van der Waals surface area contributed by atoms with Crippen molar-refractivity contribution in [2.45, 2.75) is 26.1 Å². The first-order valence-electron chi connectivity index (χ1n) is 5.88. The van der Waals surface area contributed by atoms with E-state index < -0.39 is 19.0 Å². The molecule has 1 N–H and O–H groups in total. The molecule has 0 unspecified atom stereocenters. The van der Waals surface area contributed by atoms with Gasteiger partial charge >= 0.3 is 5.97 Å². The van der Waals surface area contributed by atoms with Gasteiger partial charge in [0.15, 0.2) is 0 Å². The molecule has 0 aliphatic heterocycles. The fourth-order valence-corrected chi connectivity index (χ4v) is 3.12. The van der Waals surface area contributed by atoms with Crippen LogP contribution in [-0.4, -0.2) is 24.1 Å². The van der Waals surface area contributed by atoms with Gasteiger partial charge < -0.3 is 5.11 Å². The van der Waals surface area contributed by atoms with Crippen molar-refractivity contribution < 1.29 is 14.8 Å². The Morgan fingerprint density at radius 1 is 1.37 bits per heavy atom. The Balaban J connectivity index is 3.37. The number of rotatable bonds is 5. The van der Waals surface area contributed by atoms with Crippen LogP contribution in [0.4, 0.5) is 5.69 Å². The van der Waals surface area contributed by atoms with E-state index in [1.807, 2.05) is 5.70 Å². The van der Waals surface area contributed by atoms with Crippen molar-refractivity contribution in [3.05, 3.63) is 45.6 Å². The third-order valence-electron chi connectivity index (χ3n) is 2.40. The molecule has 5 nitrogen and oxygen atoms in total. The van der Waals surface area contributed by atoms with Crippen molar-refractivity contribution in [1.82, 2.24) is 0 Å². The average molecular weight is 279 g/mol. The first-order valence-corrected chi connectivity index (χ1v) is 9.46. The lowest BCUT2D eigenvalue weighted by Crippen LogP contribution is -2.17. The van der Waals surface area contributed by atoms with E-state index in [2.05, 4.69) is 19.6 Å². The predicted octanol–water partition coefficient (Wildman–Crippen LogP) is 3.33. The molecule has 0 aromatic heterocycles. The maximum atomic E-state index is 11.0. The Morgan fingerprint density at radius 2 is 1.95 bits per heavy atom. The molecule has 0 saturated heterocycles. The summed E-state index contributed by atoms with van der Waals surface area (Å²) in [7, 11) is -1.68. The van der Waals surface area contributed by atoms with E-state index in [1.165, 1.54) is 6.07 Å². The fourth-order valence-electron chi connectivity index (χ4n) is 1.81. The van der Waals surface area contributed by atoms with Crippen LogP contribution in [-0.2, 0) is 4.79 Å². The Bertz CT molecular complexity index is 532. The van der Waals surface area contributed by atoms with Gasteiger partial charge in [0, 0.05) is 6.07 Å². The van der Waals surface area contributed by atoms with Gasteiger partial charge in [0.25, 0.3) is 5.69 Å². The molecule has 19 heavy (non-hydrogen) atoms. The topological polar surface area (TPSA) is 80.4 Å². The lowest BCUT2D eigenvalue weighted by Gasteiger charge is -2.14. The lowest BCUT2D eigenvalue weighted by atomic mass is 10.0. The molecule has 0 fully saturated rings. The third-order valence-corrected chi connectivity index (χ3v) is 3.61. The summed E-state index contributed by atoms with van der Waals surface area (Å²) in [6.45, 7) is 6.18. The molecule has 0 aliphatic carbocycles. The van der Waals surface area contributed by atoms with E-state index in [1.54, 1.807) is 18.2 Å². The van der Waals surface area contributed by atoms with Crippen LogP contribution in [0.1, 0.15) is 12.0 Å². The van der Waals surface area contributed by atoms with Crippen LogP contribution >= 0.6 is 0 Å². The monoisotopic (exact) mass is 279 g/mol. The zero-order valence-electron chi connectivity index (χ0n) is 11.2. The van der Waals surface area contributed by atoms with Crippen LogP contribution in [0, 0.1) is 10.1 Å². The van der Waals surface area contributed by atoms with Crippen molar-refractivity contribution >= 4 is 25.3 Å². The quantitative estimate of drug-likeness (QED) is 0.509. The van der Waals surface area contributed by atoms with Gasteiger partial charge in [-0.2, -0.15) is 0 Å². The highest BCUT2D eigenvalue weighted by atomic mass is 28.3. The van der Waals surface area contributed by atoms with Crippen molar-refractivity contribution in [3.8, 4) is 0 Å². The molecule has 0 heterocycles. The number of benzene rings is 1. The van der Waals surface area contributed by atoms with Crippen LogP contribution in [0.25, 0.3) is 5.57 Å². The van der Waals surface area contributed by atoms with Gasteiger partial charge in [-0.05, 0) is 11.6 Å². The summed E-state index contributed by atoms with van der Waals surface area (Å²) < 4.78 is 0. The maximum Gasteiger partial charge on any atom is 0.307 e. The number of carboxylic acids is 1. The molecule has 1 rings (SSSR count). The Morgan fingerprint density at radius 3 is 2.42 bits per heavy atom. The highest BCUT2D eigenvalue weighted by Crippen LogP contribution is 2.29. The second-order valence-electron chi connectivity index (χ2n) is 5.38. The highest BCUT2D eigenvalue weighted by molar-refractivity contribution is 6.81. The van der Waals surface area contributed by atoms with E-state index >= 15 is 0 Å². The Hall–Kier alpha value is -1.95. The smallest absolute Gasteiger partial charge is 0.307 e. The molecule has 0 amide bonds. The molecule has 1 aromatic carbocycles. The van der Waals surface area contributed by atoms with Gasteiger partial charge in [0.2, 0.25) is 0 Å². The van der Waals surface area contributed by atoms with Crippen molar-refractivity contribution in [1.29, 1.82) is 0 Å². The number of hydrogen-bond acceptors (Lipinski definition) is 3. The molecule has 102 valence electrons. The van der Waals surface area contributed by atoms with Gasteiger partial charge in [-0.1, -0.05) is 37.5 Å². The minimum atomic E-state index is -1.68. The lowest BCUT2D eigenvalue weighted by molar-refractivity contribution is -0.385. The molecule has 0 aliphatic rings. The van der Waals surface area contributed by atoms with Crippen LogP contribution in [0.3, 0.4) is 0 Å². The molecule has 0 saturated carbocycles. The zero-order chi connectivity index (χ0) is 14.6. The number of hydrogen-bond donors (Lipinski definition) is 1. The van der Waals surface area contributed by atoms with E-state index in [0.717, 1.165) is 0 Å². The van der Waals surface area contributed by atoms with Crippen LogP contribution in [0.2, 0.25) is 19.6 Å². The number of aliphatic carboxylic acids is 1. The number of carboxylic acid groups (broad SMARTS) is 1. The van der Waals surface area contributed by atoms with Gasteiger partial charge in [-0.3, -0.25) is 14.9 Å².